The Morgan fingerprint density at radius 2 is 1.87 bits per heavy atom. The molecule has 3 aromatic rings. The molecule has 0 aliphatic rings. The third kappa shape index (κ3) is 3.24. The molecular weight excluding hydrogens is 286 g/mol. The molecule has 1 aromatic heterocycles. The van der Waals surface area contributed by atoms with Gasteiger partial charge >= 0.3 is 0 Å². The molecule has 3 rings (SSSR count). The summed E-state index contributed by atoms with van der Waals surface area (Å²) in [6, 6.07) is 20.0. The van der Waals surface area contributed by atoms with Gasteiger partial charge in [-0.1, -0.05) is 54.6 Å². The van der Waals surface area contributed by atoms with Crippen LogP contribution in [-0.4, -0.2) is 9.55 Å². The fourth-order valence-corrected chi connectivity index (χ4v) is 2.45. The molecule has 0 amide bonds. The molecule has 0 N–H and O–H groups in total. The van der Waals surface area contributed by atoms with Crippen LogP contribution < -0.4 is 4.74 Å². The normalized spacial score (nSPS) is 11.7. The number of aromatic nitrogens is 2. The summed E-state index contributed by atoms with van der Waals surface area (Å²) in [6.45, 7) is 2.48. The van der Waals surface area contributed by atoms with Crippen LogP contribution in [0.3, 0.4) is 0 Å². The molecule has 4 heteroatoms. The number of benzene rings is 2. The summed E-state index contributed by atoms with van der Waals surface area (Å²) < 4.78 is 7.61. The smallest absolute Gasteiger partial charge is 0.297 e. The Labute approximate surface area is 135 Å². The second kappa shape index (κ2) is 6.80. The van der Waals surface area contributed by atoms with Crippen LogP contribution in [0.15, 0.2) is 67.0 Å². The molecule has 0 saturated heterocycles. The van der Waals surface area contributed by atoms with Gasteiger partial charge in [-0.2, -0.15) is 5.26 Å². The van der Waals surface area contributed by atoms with Gasteiger partial charge in [-0.05, 0) is 23.6 Å². The first-order chi connectivity index (χ1) is 11.3. The van der Waals surface area contributed by atoms with E-state index in [0.29, 0.717) is 12.6 Å². The van der Waals surface area contributed by atoms with Crippen molar-refractivity contribution in [3.05, 3.63) is 83.7 Å². The summed E-state index contributed by atoms with van der Waals surface area (Å²) in [5.41, 5.74) is 3.19. The first-order valence-electron chi connectivity index (χ1n) is 7.44. The number of hydrogen-bond donors (Lipinski definition) is 0. The highest BCUT2D eigenvalue weighted by Gasteiger charge is 2.17. The van der Waals surface area contributed by atoms with E-state index in [1.165, 1.54) is 5.56 Å². The molecule has 0 spiro atoms. The molecular formula is C19H17N3O. The highest BCUT2D eigenvalue weighted by atomic mass is 16.5. The number of nitriles is 1. The van der Waals surface area contributed by atoms with Gasteiger partial charge in [0.1, 0.15) is 6.61 Å². The Kier molecular flexibility index (Phi) is 4.39. The lowest BCUT2D eigenvalue weighted by Crippen LogP contribution is -2.11. The second-order valence-electron chi connectivity index (χ2n) is 5.27. The maximum absolute atomic E-state index is 9.55. The summed E-state index contributed by atoms with van der Waals surface area (Å²) in [4.78, 5) is 4.24. The third-order valence-corrected chi connectivity index (χ3v) is 3.77. The zero-order valence-electron chi connectivity index (χ0n) is 12.9. The molecule has 0 bridgehead atoms. The third-order valence-electron chi connectivity index (χ3n) is 3.77. The Morgan fingerprint density at radius 1 is 1.13 bits per heavy atom. The van der Waals surface area contributed by atoms with E-state index in [1.807, 2.05) is 61.5 Å². The molecule has 2 aromatic carbocycles. The van der Waals surface area contributed by atoms with Gasteiger partial charge < -0.3 is 4.74 Å². The van der Waals surface area contributed by atoms with Crippen molar-refractivity contribution in [1.82, 2.24) is 9.55 Å². The lowest BCUT2D eigenvalue weighted by atomic mass is 10.1. The molecule has 4 nitrogen and oxygen atoms in total. The van der Waals surface area contributed by atoms with E-state index in [-0.39, 0.29) is 0 Å². The van der Waals surface area contributed by atoms with Gasteiger partial charge in [0.25, 0.3) is 6.01 Å². The zero-order valence-corrected chi connectivity index (χ0v) is 12.9. The fraction of sp³-hybridized carbons (Fsp3) is 0.158. The minimum Gasteiger partial charge on any atom is -0.460 e. The van der Waals surface area contributed by atoms with Gasteiger partial charge in [-0.25, -0.2) is 4.98 Å². The van der Waals surface area contributed by atoms with Crippen LogP contribution in [0.2, 0.25) is 0 Å². The van der Waals surface area contributed by atoms with Crippen molar-refractivity contribution in [3.8, 4) is 12.1 Å². The molecule has 0 aliphatic carbocycles. The Morgan fingerprint density at radius 3 is 2.61 bits per heavy atom. The van der Waals surface area contributed by atoms with Crippen molar-refractivity contribution in [2.75, 3.05) is 0 Å². The van der Waals surface area contributed by atoms with E-state index in [2.05, 4.69) is 11.1 Å². The van der Waals surface area contributed by atoms with Crippen LogP contribution in [-0.2, 0) is 6.61 Å². The van der Waals surface area contributed by atoms with Crippen molar-refractivity contribution in [2.24, 2.45) is 0 Å². The van der Waals surface area contributed by atoms with Crippen LogP contribution in [0.5, 0.6) is 6.01 Å². The molecule has 1 unspecified atom stereocenters. The fourth-order valence-electron chi connectivity index (χ4n) is 2.45. The molecule has 23 heavy (non-hydrogen) atoms. The summed E-state index contributed by atoms with van der Waals surface area (Å²) >= 11 is 0. The summed E-state index contributed by atoms with van der Waals surface area (Å²) in [6.07, 6.45) is 3.43. The van der Waals surface area contributed by atoms with E-state index in [4.69, 9.17) is 4.74 Å². The molecule has 0 aliphatic heterocycles. The van der Waals surface area contributed by atoms with E-state index >= 15 is 0 Å². The van der Waals surface area contributed by atoms with Gasteiger partial charge in [-0.3, -0.25) is 4.57 Å². The first-order valence-corrected chi connectivity index (χ1v) is 7.44. The largest absolute Gasteiger partial charge is 0.460 e. The lowest BCUT2D eigenvalue weighted by molar-refractivity contribution is 0.265. The van der Waals surface area contributed by atoms with E-state index in [9.17, 15) is 5.26 Å². The monoisotopic (exact) mass is 303 g/mol. The number of nitrogens with zero attached hydrogens (tertiary/aromatic N) is 3. The number of ether oxygens (including phenoxy) is 1. The van der Waals surface area contributed by atoms with Crippen molar-refractivity contribution in [1.29, 1.82) is 5.26 Å². The van der Waals surface area contributed by atoms with Gasteiger partial charge in [0.05, 0.1) is 6.07 Å². The van der Waals surface area contributed by atoms with Gasteiger partial charge in [0.15, 0.2) is 6.04 Å². The number of imidazole rings is 1. The summed E-state index contributed by atoms with van der Waals surface area (Å²) in [7, 11) is 0. The molecule has 1 heterocycles. The number of hydrogen-bond acceptors (Lipinski definition) is 3. The number of aryl methyl sites for hydroxylation is 1. The quantitative estimate of drug-likeness (QED) is 0.718. The van der Waals surface area contributed by atoms with Gasteiger partial charge in [-0.15, -0.1) is 0 Å². The maximum Gasteiger partial charge on any atom is 0.297 e. The summed E-state index contributed by atoms with van der Waals surface area (Å²) in [5.74, 6) is 0. The van der Waals surface area contributed by atoms with Crippen LogP contribution >= 0.6 is 0 Å². The van der Waals surface area contributed by atoms with E-state index in [1.54, 1.807) is 17.0 Å². The standard InChI is InChI=1S/C19H17N3O/c1-15-7-5-6-10-17(15)14-23-19-21-11-12-22(19)18(13-20)16-8-3-2-4-9-16/h2-12,18H,14H2,1H3. The van der Waals surface area contributed by atoms with Gasteiger partial charge in [0, 0.05) is 12.4 Å². The van der Waals surface area contributed by atoms with Crippen molar-refractivity contribution < 1.29 is 4.74 Å². The first kappa shape index (κ1) is 14.9. The highest BCUT2D eigenvalue weighted by molar-refractivity contribution is 5.28. The van der Waals surface area contributed by atoms with Crippen LogP contribution in [0.25, 0.3) is 0 Å². The predicted octanol–water partition coefficient (Wildman–Crippen LogP) is 3.88. The zero-order chi connectivity index (χ0) is 16.1. The van der Waals surface area contributed by atoms with E-state index in [0.717, 1.165) is 11.1 Å². The minimum atomic E-state index is -0.453. The second-order valence-corrected chi connectivity index (χ2v) is 5.27. The Hall–Kier alpha value is -3.06. The number of rotatable bonds is 5. The average molecular weight is 303 g/mol. The SMILES string of the molecule is Cc1ccccc1COc1nccn1C(C#N)c1ccccc1. The Bertz CT molecular complexity index is 818. The van der Waals surface area contributed by atoms with Crippen LogP contribution in [0.1, 0.15) is 22.7 Å². The molecule has 0 fully saturated rings. The minimum absolute atomic E-state index is 0.427. The maximum atomic E-state index is 9.55. The van der Waals surface area contributed by atoms with Crippen molar-refractivity contribution in [3.63, 3.8) is 0 Å². The molecule has 0 radical (unpaired) electrons. The van der Waals surface area contributed by atoms with Crippen LogP contribution in [0.4, 0.5) is 0 Å². The topological polar surface area (TPSA) is 50.8 Å². The predicted molar refractivity (Wildman–Crippen MR) is 87.9 cm³/mol. The van der Waals surface area contributed by atoms with E-state index < -0.39 is 6.04 Å². The van der Waals surface area contributed by atoms with Crippen molar-refractivity contribution >= 4 is 0 Å². The summed E-state index contributed by atoms with van der Waals surface area (Å²) in [5, 5.41) is 9.55. The average Bonchev–Trinajstić information content (AvgIpc) is 3.04. The lowest BCUT2D eigenvalue weighted by Gasteiger charge is -2.15. The molecule has 0 saturated carbocycles. The van der Waals surface area contributed by atoms with Crippen molar-refractivity contribution in [2.45, 2.75) is 19.6 Å². The Balaban J connectivity index is 1.82. The highest BCUT2D eigenvalue weighted by Crippen LogP contribution is 2.23. The molecule has 114 valence electrons. The van der Waals surface area contributed by atoms with Crippen LogP contribution in [0, 0.1) is 18.3 Å². The molecule has 1 atom stereocenters. The van der Waals surface area contributed by atoms with Gasteiger partial charge in [0.2, 0.25) is 0 Å².